The highest BCUT2D eigenvalue weighted by atomic mass is 19.1. The van der Waals surface area contributed by atoms with Crippen LogP contribution in [0.2, 0.25) is 0 Å². The predicted molar refractivity (Wildman–Crippen MR) is 71.3 cm³/mol. The summed E-state index contributed by atoms with van der Waals surface area (Å²) in [5.41, 5.74) is 2.07. The predicted octanol–water partition coefficient (Wildman–Crippen LogP) is 2.83. The van der Waals surface area contributed by atoms with Crippen molar-refractivity contribution in [3.63, 3.8) is 0 Å². The number of halogens is 1. The van der Waals surface area contributed by atoms with Gasteiger partial charge in [0, 0.05) is 12.6 Å². The summed E-state index contributed by atoms with van der Waals surface area (Å²) in [6.45, 7) is 5.01. The first-order valence-corrected chi connectivity index (χ1v) is 6.61. The van der Waals surface area contributed by atoms with Crippen LogP contribution in [0, 0.1) is 12.7 Å². The zero-order valence-electron chi connectivity index (χ0n) is 11.4. The highest BCUT2D eigenvalue weighted by molar-refractivity contribution is 5.28. The Morgan fingerprint density at radius 3 is 2.89 bits per heavy atom. The third-order valence-corrected chi connectivity index (χ3v) is 4.07. The lowest BCUT2D eigenvalue weighted by molar-refractivity contribution is -0.00948. The molecule has 1 fully saturated rings. The monoisotopic (exact) mass is 251 g/mol. The molecular weight excluding hydrogens is 229 g/mol. The van der Waals surface area contributed by atoms with Crippen molar-refractivity contribution in [2.75, 3.05) is 13.7 Å². The third kappa shape index (κ3) is 2.73. The summed E-state index contributed by atoms with van der Waals surface area (Å²) in [5.74, 6) is -0.164. The lowest BCUT2D eigenvalue weighted by atomic mass is 9.87. The SMILES string of the molecule is CNC(Cc1cc(F)ccc1C)C1(C)CCCO1. The van der Waals surface area contributed by atoms with Gasteiger partial charge in [-0.25, -0.2) is 4.39 Å². The molecule has 18 heavy (non-hydrogen) atoms. The molecule has 1 aromatic rings. The van der Waals surface area contributed by atoms with Crippen LogP contribution < -0.4 is 5.32 Å². The quantitative estimate of drug-likeness (QED) is 0.888. The maximum absolute atomic E-state index is 13.3. The van der Waals surface area contributed by atoms with Crippen molar-refractivity contribution in [1.29, 1.82) is 0 Å². The van der Waals surface area contributed by atoms with E-state index < -0.39 is 0 Å². The molecule has 0 aliphatic carbocycles. The van der Waals surface area contributed by atoms with E-state index in [0.717, 1.165) is 37.0 Å². The average Bonchev–Trinajstić information content (AvgIpc) is 2.78. The molecule has 1 aliphatic rings. The van der Waals surface area contributed by atoms with Crippen molar-refractivity contribution in [2.24, 2.45) is 0 Å². The smallest absolute Gasteiger partial charge is 0.123 e. The van der Waals surface area contributed by atoms with E-state index in [1.54, 1.807) is 6.07 Å². The van der Waals surface area contributed by atoms with Gasteiger partial charge in [0.25, 0.3) is 0 Å². The Hall–Kier alpha value is -0.930. The van der Waals surface area contributed by atoms with Gasteiger partial charge < -0.3 is 10.1 Å². The fourth-order valence-electron chi connectivity index (χ4n) is 2.78. The average molecular weight is 251 g/mol. The van der Waals surface area contributed by atoms with Crippen molar-refractivity contribution in [1.82, 2.24) is 5.32 Å². The first-order chi connectivity index (χ1) is 8.55. The van der Waals surface area contributed by atoms with E-state index in [1.165, 1.54) is 6.07 Å². The van der Waals surface area contributed by atoms with E-state index >= 15 is 0 Å². The third-order valence-electron chi connectivity index (χ3n) is 4.07. The number of rotatable bonds is 4. The molecule has 0 amide bonds. The van der Waals surface area contributed by atoms with Crippen LogP contribution in [-0.2, 0) is 11.2 Å². The van der Waals surface area contributed by atoms with E-state index in [1.807, 2.05) is 20.0 Å². The highest BCUT2D eigenvalue weighted by Gasteiger charge is 2.37. The van der Waals surface area contributed by atoms with Crippen LogP contribution in [0.25, 0.3) is 0 Å². The molecule has 100 valence electrons. The number of benzene rings is 1. The lowest BCUT2D eigenvalue weighted by Crippen LogP contribution is -2.48. The Morgan fingerprint density at radius 2 is 2.28 bits per heavy atom. The molecule has 2 rings (SSSR count). The van der Waals surface area contributed by atoms with E-state index in [9.17, 15) is 4.39 Å². The van der Waals surface area contributed by atoms with Gasteiger partial charge >= 0.3 is 0 Å². The maximum Gasteiger partial charge on any atom is 0.123 e. The van der Waals surface area contributed by atoms with Crippen LogP contribution in [0.3, 0.4) is 0 Å². The second-order valence-electron chi connectivity index (χ2n) is 5.38. The Kier molecular flexibility index (Phi) is 4.03. The van der Waals surface area contributed by atoms with E-state index in [-0.39, 0.29) is 17.5 Å². The molecule has 3 heteroatoms. The minimum atomic E-state index is -0.164. The largest absolute Gasteiger partial charge is 0.374 e. The van der Waals surface area contributed by atoms with Crippen LogP contribution in [0.1, 0.15) is 30.9 Å². The molecule has 2 atom stereocenters. The van der Waals surface area contributed by atoms with Crippen LogP contribution >= 0.6 is 0 Å². The number of aryl methyl sites for hydroxylation is 1. The van der Waals surface area contributed by atoms with Crippen LogP contribution in [0.5, 0.6) is 0 Å². The van der Waals surface area contributed by atoms with Gasteiger partial charge in [0.2, 0.25) is 0 Å². The molecule has 0 radical (unpaired) electrons. The van der Waals surface area contributed by atoms with Crippen molar-refractivity contribution >= 4 is 0 Å². The zero-order chi connectivity index (χ0) is 13.2. The summed E-state index contributed by atoms with van der Waals surface area (Å²) >= 11 is 0. The number of likely N-dealkylation sites (N-methyl/N-ethyl adjacent to an activating group) is 1. The summed E-state index contributed by atoms with van der Waals surface area (Å²) in [6, 6.07) is 5.22. The van der Waals surface area contributed by atoms with Gasteiger partial charge in [-0.05, 0) is 63.4 Å². The molecular formula is C15H22FNO. The zero-order valence-corrected chi connectivity index (χ0v) is 11.4. The standard InChI is InChI=1S/C15H22FNO/c1-11-5-6-13(16)9-12(11)10-14(17-3)15(2)7-4-8-18-15/h5-6,9,14,17H,4,7-8,10H2,1-3H3. The molecule has 2 unspecified atom stereocenters. The fourth-order valence-corrected chi connectivity index (χ4v) is 2.78. The van der Waals surface area contributed by atoms with Crippen LogP contribution in [-0.4, -0.2) is 25.3 Å². The Balaban J connectivity index is 2.17. The summed E-state index contributed by atoms with van der Waals surface area (Å²) in [5, 5.41) is 3.33. The topological polar surface area (TPSA) is 21.3 Å². The molecule has 1 saturated heterocycles. The fraction of sp³-hybridized carbons (Fsp3) is 0.600. The van der Waals surface area contributed by atoms with Crippen molar-refractivity contribution in [3.05, 3.63) is 35.1 Å². The number of ether oxygens (including phenoxy) is 1. The maximum atomic E-state index is 13.3. The Bertz CT molecular complexity index is 413. The van der Waals surface area contributed by atoms with Gasteiger partial charge in [-0.15, -0.1) is 0 Å². The second kappa shape index (κ2) is 5.37. The van der Waals surface area contributed by atoms with Crippen LogP contribution in [0.4, 0.5) is 4.39 Å². The van der Waals surface area contributed by atoms with Gasteiger partial charge in [0.1, 0.15) is 5.82 Å². The van der Waals surface area contributed by atoms with Crippen molar-refractivity contribution < 1.29 is 9.13 Å². The molecule has 1 aromatic carbocycles. The molecule has 2 nitrogen and oxygen atoms in total. The molecule has 0 aromatic heterocycles. The molecule has 1 aliphatic heterocycles. The van der Waals surface area contributed by atoms with Gasteiger partial charge in [-0.1, -0.05) is 6.07 Å². The first kappa shape index (κ1) is 13.5. The van der Waals surface area contributed by atoms with Crippen molar-refractivity contribution in [2.45, 2.75) is 44.8 Å². The van der Waals surface area contributed by atoms with Gasteiger partial charge in [-0.3, -0.25) is 0 Å². The van der Waals surface area contributed by atoms with Gasteiger partial charge in [-0.2, -0.15) is 0 Å². The Labute approximate surface area is 109 Å². The molecule has 0 saturated carbocycles. The summed E-state index contributed by atoms with van der Waals surface area (Å²) in [4.78, 5) is 0. The molecule has 0 spiro atoms. The number of nitrogens with one attached hydrogen (secondary N) is 1. The van der Waals surface area contributed by atoms with E-state index in [4.69, 9.17) is 4.74 Å². The molecule has 0 bridgehead atoms. The highest BCUT2D eigenvalue weighted by Crippen LogP contribution is 2.30. The minimum absolute atomic E-state index is 0.131. The van der Waals surface area contributed by atoms with Gasteiger partial charge in [0.05, 0.1) is 5.60 Å². The summed E-state index contributed by atoms with van der Waals surface area (Å²) in [7, 11) is 1.95. The first-order valence-electron chi connectivity index (χ1n) is 6.61. The summed E-state index contributed by atoms with van der Waals surface area (Å²) in [6.07, 6.45) is 2.97. The number of hydrogen-bond acceptors (Lipinski definition) is 2. The minimum Gasteiger partial charge on any atom is -0.374 e. The lowest BCUT2D eigenvalue weighted by Gasteiger charge is -2.33. The van der Waals surface area contributed by atoms with E-state index in [0.29, 0.717) is 0 Å². The van der Waals surface area contributed by atoms with Crippen LogP contribution in [0.15, 0.2) is 18.2 Å². The van der Waals surface area contributed by atoms with Gasteiger partial charge in [0.15, 0.2) is 0 Å². The number of hydrogen-bond donors (Lipinski definition) is 1. The molecule has 1 N–H and O–H groups in total. The second-order valence-corrected chi connectivity index (χ2v) is 5.38. The summed E-state index contributed by atoms with van der Waals surface area (Å²) < 4.78 is 19.2. The Morgan fingerprint density at radius 1 is 1.50 bits per heavy atom. The van der Waals surface area contributed by atoms with E-state index in [2.05, 4.69) is 12.2 Å². The van der Waals surface area contributed by atoms with Crippen molar-refractivity contribution in [3.8, 4) is 0 Å². The molecule has 1 heterocycles. The normalized spacial score (nSPS) is 25.3.